The van der Waals surface area contributed by atoms with Crippen molar-refractivity contribution in [2.45, 2.75) is 29.8 Å². The van der Waals surface area contributed by atoms with E-state index in [9.17, 15) is 8.42 Å². The molecule has 28 heavy (non-hydrogen) atoms. The van der Waals surface area contributed by atoms with Gasteiger partial charge in [-0.05, 0) is 49.5 Å². The molecule has 1 fully saturated rings. The molecule has 0 bridgehead atoms. The highest BCUT2D eigenvalue weighted by molar-refractivity contribution is 7.89. The van der Waals surface area contributed by atoms with Crippen LogP contribution < -0.4 is 0 Å². The van der Waals surface area contributed by atoms with Gasteiger partial charge < -0.3 is 4.74 Å². The van der Waals surface area contributed by atoms with E-state index < -0.39 is 15.6 Å². The molecule has 1 aliphatic heterocycles. The first kappa shape index (κ1) is 21.1. The van der Waals surface area contributed by atoms with E-state index in [0.717, 1.165) is 6.42 Å². The Hall–Kier alpha value is -1.59. The second-order valence-corrected chi connectivity index (χ2v) is 9.33. The first-order chi connectivity index (χ1) is 13.3. The van der Waals surface area contributed by atoms with Gasteiger partial charge in [-0.1, -0.05) is 23.7 Å². The summed E-state index contributed by atoms with van der Waals surface area (Å²) in [6.45, 7) is 1.61. The Bertz CT molecular complexity index is 919. The average Bonchev–Trinajstić information content (AvgIpc) is 3.15. The normalized spacial score (nSPS) is 21.3. The van der Waals surface area contributed by atoms with Crippen LogP contribution in [0.3, 0.4) is 0 Å². The molecule has 1 aromatic heterocycles. The third kappa shape index (κ3) is 3.79. The highest BCUT2D eigenvalue weighted by Gasteiger charge is 2.46. The first-order valence-electron chi connectivity index (χ1n) is 9.00. The molecule has 0 amide bonds. The van der Waals surface area contributed by atoms with Gasteiger partial charge in [0.05, 0.1) is 23.7 Å². The Morgan fingerprint density at radius 3 is 2.75 bits per heavy atom. The largest absolute Gasteiger partial charge is 0.383 e. The molecule has 0 saturated carbocycles. The van der Waals surface area contributed by atoms with Gasteiger partial charge in [-0.3, -0.25) is 4.90 Å². The van der Waals surface area contributed by atoms with Gasteiger partial charge in [0.2, 0.25) is 10.0 Å². The maximum Gasteiger partial charge on any atom is 0.244 e. The van der Waals surface area contributed by atoms with Crippen LogP contribution in [0.15, 0.2) is 29.2 Å². The molecular formula is C17H25ClN6O3S. The van der Waals surface area contributed by atoms with Gasteiger partial charge >= 0.3 is 0 Å². The first-order valence-corrected chi connectivity index (χ1v) is 10.8. The maximum absolute atomic E-state index is 13.3. The van der Waals surface area contributed by atoms with Gasteiger partial charge in [0, 0.05) is 20.2 Å². The highest BCUT2D eigenvalue weighted by atomic mass is 35.5. The lowest BCUT2D eigenvalue weighted by atomic mass is 9.88. The van der Waals surface area contributed by atoms with Crippen molar-refractivity contribution < 1.29 is 13.2 Å². The van der Waals surface area contributed by atoms with E-state index in [4.69, 9.17) is 16.3 Å². The van der Waals surface area contributed by atoms with Crippen molar-refractivity contribution >= 4 is 21.6 Å². The Labute approximate surface area is 170 Å². The molecule has 3 rings (SSSR count). The quantitative estimate of drug-likeness (QED) is 0.654. The van der Waals surface area contributed by atoms with E-state index in [0.29, 0.717) is 31.9 Å². The average molecular weight is 429 g/mol. The molecule has 1 atom stereocenters. The molecule has 11 heteroatoms. The predicted molar refractivity (Wildman–Crippen MR) is 105 cm³/mol. The molecule has 1 saturated heterocycles. The maximum atomic E-state index is 13.3. The molecule has 1 aromatic carbocycles. The van der Waals surface area contributed by atoms with Gasteiger partial charge in [0.25, 0.3) is 0 Å². The number of ether oxygens (including phenoxy) is 1. The Morgan fingerprint density at radius 2 is 2.07 bits per heavy atom. The number of likely N-dealkylation sites (N-methyl/N-ethyl adjacent to an activating group) is 1. The summed E-state index contributed by atoms with van der Waals surface area (Å²) in [7, 11) is 1.70. The summed E-state index contributed by atoms with van der Waals surface area (Å²) in [4.78, 5) is 2.11. The fraction of sp³-hybridized carbons (Fsp3) is 0.588. The molecule has 9 nitrogen and oxygen atoms in total. The van der Waals surface area contributed by atoms with Crippen LogP contribution in [-0.4, -0.2) is 78.7 Å². The van der Waals surface area contributed by atoms with E-state index in [1.807, 2.05) is 19.0 Å². The zero-order valence-electron chi connectivity index (χ0n) is 16.2. The predicted octanol–water partition coefficient (Wildman–Crippen LogP) is 1.21. The molecule has 0 radical (unpaired) electrons. The van der Waals surface area contributed by atoms with Gasteiger partial charge in [-0.25, -0.2) is 13.1 Å². The van der Waals surface area contributed by atoms with Crippen molar-refractivity contribution in [3.8, 4) is 0 Å². The molecule has 1 unspecified atom stereocenters. The van der Waals surface area contributed by atoms with E-state index >= 15 is 0 Å². The minimum atomic E-state index is -3.75. The molecule has 1 aliphatic rings. The number of rotatable bonds is 7. The highest BCUT2D eigenvalue weighted by Crippen LogP contribution is 2.37. The number of sulfonamides is 1. The topological polar surface area (TPSA) is 93.4 Å². The zero-order valence-corrected chi connectivity index (χ0v) is 17.8. The fourth-order valence-electron chi connectivity index (χ4n) is 3.61. The van der Waals surface area contributed by atoms with Crippen LogP contribution >= 0.6 is 11.6 Å². The van der Waals surface area contributed by atoms with Gasteiger partial charge in [0.15, 0.2) is 5.82 Å². The van der Waals surface area contributed by atoms with Gasteiger partial charge in [0.1, 0.15) is 4.90 Å². The van der Waals surface area contributed by atoms with Crippen LogP contribution in [0.4, 0.5) is 0 Å². The second kappa shape index (κ2) is 8.42. The van der Waals surface area contributed by atoms with E-state index in [1.165, 1.54) is 10.4 Å². The summed E-state index contributed by atoms with van der Waals surface area (Å²) in [5, 5.41) is 12.4. The molecule has 0 spiro atoms. The molecule has 2 aromatic rings. The zero-order chi connectivity index (χ0) is 20.4. The molecule has 0 N–H and O–H groups in total. The van der Waals surface area contributed by atoms with Gasteiger partial charge in [-0.15, -0.1) is 5.10 Å². The van der Waals surface area contributed by atoms with Crippen LogP contribution in [0.1, 0.15) is 18.7 Å². The van der Waals surface area contributed by atoms with Crippen molar-refractivity contribution in [1.82, 2.24) is 29.4 Å². The summed E-state index contributed by atoms with van der Waals surface area (Å²) in [6, 6.07) is 6.51. The van der Waals surface area contributed by atoms with E-state index in [2.05, 4.69) is 15.5 Å². The van der Waals surface area contributed by atoms with Crippen molar-refractivity contribution in [2.75, 3.05) is 40.9 Å². The lowest BCUT2D eigenvalue weighted by molar-refractivity contribution is 0.0620. The van der Waals surface area contributed by atoms with Crippen molar-refractivity contribution in [3.63, 3.8) is 0 Å². The van der Waals surface area contributed by atoms with Crippen molar-refractivity contribution in [3.05, 3.63) is 35.1 Å². The van der Waals surface area contributed by atoms with Crippen LogP contribution in [0, 0.1) is 0 Å². The number of hydrogen-bond acceptors (Lipinski definition) is 7. The number of methoxy groups -OCH3 is 1. The van der Waals surface area contributed by atoms with Crippen molar-refractivity contribution in [2.24, 2.45) is 0 Å². The molecular weight excluding hydrogens is 404 g/mol. The smallest absolute Gasteiger partial charge is 0.244 e. The number of piperidine rings is 1. The number of benzene rings is 1. The number of halogens is 1. The standard InChI is InChI=1S/C17H25ClN6O3S/c1-22(2)17(16-19-20-21-24(16)11-12-27-3)9-6-10-23(13-17)28(25,26)15-8-5-4-7-14(15)18/h4-5,7-8H,6,9-13H2,1-3H3. The molecule has 0 aliphatic carbocycles. The summed E-state index contributed by atoms with van der Waals surface area (Å²) < 4.78 is 34.9. The minimum Gasteiger partial charge on any atom is -0.383 e. The number of tetrazole rings is 1. The van der Waals surface area contributed by atoms with E-state index in [1.54, 1.807) is 30.0 Å². The summed E-state index contributed by atoms with van der Waals surface area (Å²) >= 11 is 6.18. The Kier molecular flexibility index (Phi) is 6.35. The summed E-state index contributed by atoms with van der Waals surface area (Å²) in [5.74, 6) is 0.633. The Morgan fingerprint density at radius 1 is 1.32 bits per heavy atom. The van der Waals surface area contributed by atoms with Crippen LogP contribution in [0.5, 0.6) is 0 Å². The van der Waals surface area contributed by atoms with Crippen LogP contribution in [0.25, 0.3) is 0 Å². The van der Waals surface area contributed by atoms with Gasteiger partial charge in [-0.2, -0.15) is 4.31 Å². The molecule has 154 valence electrons. The number of aromatic nitrogens is 4. The SMILES string of the molecule is COCCn1nnnc1C1(N(C)C)CCCN(S(=O)(=O)c2ccccc2Cl)C1. The summed E-state index contributed by atoms with van der Waals surface area (Å²) in [5.41, 5.74) is -0.649. The fourth-order valence-corrected chi connectivity index (χ4v) is 5.63. The molecule has 2 heterocycles. The van der Waals surface area contributed by atoms with E-state index in [-0.39, 0.29) is 16.5 Å². The lowest BCUT2D eigenvalue weighted by Gasteiger charge is -2.45. The monoisotopic (exact) mass is 428 g/mol. The number of nitrogens with zero attached hydrogens (tertiary/aromatic N) is 6. The lowest BCUT2D eigenvalue weighted by Crippen LogP contribution is -2.56. The third-order valence-electron chi connectivity index (χ3n) is 5.20. The van der Waals surface area contributed by atoms with Crippen LogP contribution in [0.2, 0.25) is 5.02 Å². The second-order valence-electron chi connectivity index (χ2n) is 7.02. The minimum absolute atomic E-state index is 0.116. The summed E-state index contributed by atoms with van der Waals surface area (Å²) in [6.07, 6.45) is 1.42. The van der Waals surface area contributed by atoms with Crippen LogP contribution in [-0.2, 0) is 26.8 Å². The third-order valence-corrected chi connectivity index (χ3v) is 7.55. The number of hydrogen-bond donors (Lipinski definition) is 0. The van der Waals surface area contributed by atoms with Crippen molar-refractivity contribution in [1.29, 1.82) is 0 Å². The Balaban J connectivity index is 1.99.